The first-order valence-corrected chi connectivity index (χ1v) is 12.1. The molecule has 0 radical (unpaired) electrons. The number of nitrogens with one attached hydrogen (secondary N) is 1. The Labute approximate surface area is 201 Å². The molecule has 3 heterocycles. The fourth-order valence-electron chi connectivity index (χ4n) is 4.20. The number of carbonyl (C=O) groups excluding carboxylic acids is 1. The zero-order valence-corrected chi connectivity index (χ0v) is 19.8. The normalized spacial score (nSPS) is 15.7. The number of likely N-dealkylation sites (tertiary alicyclic amines) is 1. The van der Waals surface area contributed by atoms with Crippen molar-refractivity contribution >= 4 is 34.0 Å². The molecular weight excluding hydrogens is 454 g/mol. The molecule has 2 aromatic heterocycles. The summed E-state index contributed by atoms with van der Waals surface area (Å²) >= 11 is 7.53. The summed E-state index contributed by atoms with van der Waals surface area (Å²) in [6, 6.07) is 17.7. The van der Waals surface area contributed by atoms with E-state index in [2.05, 4.69) is 19.9 Å². The van der Waals surface area contributed by atoms with Crippen molar-refractivity contribution in [1.29, 1.82) is 0 Å². The number of amides is 2. The highest BCUT2D eigenvalue weighted by atomic mass is 35.5. The number of urea groups is 1. The number of rotatable bonds is 5. The molecule has 0 unspecified atom stereocenters. The minimum atomic E-state index is -0.107. The topological polar surface area (TPSA) is 63.1 Å². The van der Waals surface area contributed by atoms with Crippen LogP contribution in [0.4, 0.5) is 9.80 Å². The number of anilines is 1. The van der Waals surface area contributed by atoms with E-state index in [1.54, 1.807) is 6.20 Å². The minimum absolute atomic E-state index is 0.0610. The van der Waals surface area contributed by atoms with Crippen LogP contribution in [0.5, 0.6) is 0 Å². The van der Waals surface area contributed by atoms with Gasteiger partial charge in [-0.1, -0.05) is 65.4 Å². The van der Waals surface area contributed by atoms with E-state index >= 15 is 0 Å². The molecule has 8 heteroatoms. The average molecular weight is 478 g/mol. The van der Waals surface area contributed by atoms with Crippen molar-refractivity contribution in [3.05, 3.63) is 89.1 Å². The fraction of sp³-hybridized carbons (Fsp3) is 0.240. The van der Waals surface area contributed by atoms with Gasteiger partial charge in [0, 0.05) is 36.1 Å². The van der Waals surface area contributed by atoms with Crippen molar-refractivity contribution in [2.75, 3.05) is 11.9 Å². The number of nitrogens with zero attached hydrogens (tertiary/aromatic N) is 4. The Balaban J connectivity index is 1.33. The molecule has 6 nitrogen and oxygen atoms in total. The Kier molecular flexibility index (Phi) is 6.15. The number of hydrogen-bond donors (Lipinski definition) is 1. The van der Waals surface area contributed by atoms with Crippen molar-refractivity contribution in [1.82, 2.24) is 19.4 Å². The summed E-state index contributed by atoms with van der Waals surface area (Å²) in [5.74, 6) is 0.906. The van der Waals surface area contributed by atoms with Gasteiger partial charge in [0.1, 0.15) is 15.8 Å². The maximum Gasteiger partial charge on any atom is 0.323 e. The van der Waals surface area contributed by atoms with Gasteiger partial charge in [0.25, 0.3) is 0 Å². The van der Waals surface area contributed by atoms with Crippen LogP contribution >= 0.6 is 22.9 Å². The lowest BCUT2D eigenvalue weighted by Crippen LogP contribution is -2.35. The standard InChI is InChI=1S/C25H24ClN5OS/c1-17-23(33-24(28-17)19-6-3-2-4-7-19)29-25(32)31-14-5-8-21(31)22-27-13-15-30(22)16-18-9-11-20(26)12-10-18/h2-4,6-7,9-13,15,21H,5,8,14,16H2,1H3,(H,29,32)/t21-/m1/s1. The highest BCUT2D eigenvalue weighted by Gasteiger charge is 2.33. The molecule has 4 aromatic rings. The Morgan fingerprint density at radius 3 is 2.76 bits per heavy atom. The van der Waals surface area contributed by atoms with Gasteiger partial charge < -0.3 is 9.47 Å². The number of halogens is 1. The predicted molar refractivity (Wildman–Crippen MR) is 133 cm³/mol. The highest BCUT2D eigenvalue weighted by molar-refractivity contribution is 7.19. The largest absolute Gasteiger partial charge is 0.329 e. The summed E-state index contributed by atoms with van der Waals surface area (Å²) in [6.07, 6.45) is 5.61. The highest BCUT2D eigenvalue weighted by Crippen LogP contribution is 2.35. The Morgan fingerprint density at radius 2 is 1.97 bits per heavy atom. The van der Waals surface area contributed by atoms with Gasteiger partial charge in [-0.3, -0.25) is 5.32 Å². The van der Waals surface area contributed by atoms with E-state index in [0.29, 0.717) is 13.1 Å². The van der Waals surface area contributed by atoms with Gasteiger partial charge in [-0.2, -0.15) is 0 Å². The van der Waals surface area contributed by atoms with E-state index in [9.17, 15) is 4.79 Å². The van der Waals surface area contributed by atoms with Gasteiger partial charge in [-0.05, 0) is 37.5 Å². The van der Waals surface area contributed by atoms with E-state index in [1.807, 2.05) is 72.6 Å². The van der Waals surface area contributed by atoms with Crippen molar-refractivity contribution in [3.8, 4) is 10.6 Å². The second-order valence-electron chi connectivity index (χ2n) is 8.12. The third kappa shape index (κ3) is 4.65. The molecule has 1 aliphatic rings. The van der Waals surface area contributed by atoms with Crippen molar-refractivity contribution in [2.24, 2.45) is 0 Å². The number of imidazole rings is 1. The summed E-state index contributed by atoms with van der Waals surface area (Å²) in [5, 5.41) is 5.51. The summed E-state index contributed by atoms with van der Waals surface area (Å²) in [4.78, 5) is 24.4. The van der Waals surface area contributed by atoms with Crippen LogP contribution in [0.3, 0.4) is 0 Å². The van der Waals surface area contributed by atoms with Crippen LogP contribution in [0.25, 0.3) is 10.6 Å². The second kappa shape index (κ2) is 9.37. The average Bonchev–Trinajstić information content (AvgIpc) is 3.56. The Bertz CT molecular complexity index is 1250. The molecule has 1 N–H and O–H groups in total. The fourth-order valence-corrected chi connectivity index (χ4v) is 5.29. The lowest BCUT2D eigenvalue weighted by molar-refractivity contribution is 0.204. The summed E-state index contributed by atoms with van der Waals surface area (Å²) in [6.45, 7) is 3.32. The summed E-state index contributed by atoms with van der Waals surface area (Å²) < 4.78 is 2.12. The van der Waals surface area contributed by atoms with E-state index in [0.717, 1.165) is 50.5 Å². The van der Waals surface area contributed by atoms with Crippen LogP contribution in [-0.2, 0) is 6.54 Å². The van der Waals surface area contributed by atoms with Crippen molar-refractivity contribution in [3.63, 3.8) is 0 Å². The molecule has 168 valence electrons. The molecule has 1 saturated heterocycles. The van der Waals surface area contributed by atoms with Gasteiger partial charge in [0.2, 0.25) is 0 Å². The van der Waals surface area contributed by atoms with Crippen LogP contribution in [0.2, 0.25) is 5.02 Å². The molecule has 2 aromatic carbocycles. The van der Waals surface area contributed by atoms with Crippen LogP contribution in [0, 0.1) is 6.92 Å². The number of aryl methyl sites for hydroxylation is 1. The zero-order valence-electron chi connectivity index (χ0n) is 18.2. The third-order valence-corrected chi connectivity index (χ3v) is 7.24. The van der Waals surface area contributed by atoms with E-state index in [4.69, 9.17) is 11.6 Å². The number of hydrogen-bond acceptors (Lipinski definition) is 4. The summed E-state index contributed by atoms with van der Waals surface area (Å²) in [7, 11) is 0. The van der Waals surface area contributed by atoms with Crippen molar-refractivity contribution < 1.29 is 4.79 Å². The minimum Gasteiger partial charge on any atom is -0.329 e. The molecule has 1 fully saturated rings. The molecule has 0 aliphatic carbocycles. The Morgan fingerprint density at radius 1 is 1.18 bits per heavy atom. The smallest absolute Gasteiger partial charge is 0.323 e. The summed E-state index contributed by atoms with van der Waals surface area (Å²) in [5.41, 5.74) is 3.02. The number of benzene rings is 2. The van der Waals surface area contributed by atoms with Crippen LogP contribution in [0.1, 0.15) is 36.0 Å². The maximum atomic E-state index is 13.3. The molecule has 0 spiro atoms. The van der Waals surface area contributed by atoms with Crippen LogP contribution in [0.15, 0.2) is 67.0 Å². The Hall–Kier alpha value is -3.16. The molecule has 2 amide bonds. The van der Waals surface area contributed by atoms with Gasteiger partial charge in [0.15, 0.2) is 0 Å². The number of thiazole rings is 1. The van der Waals surface area contributed by atoms with Gasteiger partial charge in [-0.15, -0.1) is 0 Å². The lowest BCUT2D eigenvalue weighted by Gasteiger charge is -2.25. The number of aromatic nitrogens is 3. The van der Waals surface area contributed by atoms with E-state index in [1.165, 1.54) is 11.3 Å². The first kappa shape index (κ1) is 21.7. The molecule has 33 heavy (non-hydrogen) atoms. The second-order valence-corrected chi connectivity index (χ2v) is 9.56. The first-order valence-electron chi connectivity index (χ1n) is 10.9. The van der Waals surface area contributed by atoms with Gasteiger partial charge in [-0.25, -0.2) is 14.8 Å². The third-order valence-electron chi connectivity index (χ3n) is 5.86. The van der Waals surface area contributed by atoms with E-state index in [-0.39, 0.29) is 12.1 Å². The molecule has 1 aliphatic heterocycles. The van der Waals surface area contributed by atoms with Crippen molar-refractivity contribution in [2.45, 2.75) is 32.4 Å². The monoisotopic (exact) mass is 477 g/mol. The first-order chi connectivity index (χ1) is 16.1. The lowest BCUT2D eigenvalue weighted by atomic mass is 10.2. The SMILES string of the molecule is Cc1nc(-c2ccccc2)sc1NC(=O)N1CCC[C@@H]1c1nccn1Cc1ccc(Cl)cc1. The predicted octanol–water partition coefficient (Wildman–Crippen LogP) is 6.39. The molecule has 0 saturated carbocycles. The molecule has 1 atom stereocenters. The molecule has 5 rings (SSSR count). The van der Waals surface area contributed by atoms with Crippen LogP contribution < -0.4 is 5.32 Å². The quantitative estimate of drug-likeness (QED) is 0.362. The van der Waals surface area contributed by atoms with Gasteiger partial charge in [0.05, 0.1) is 11.7 Å². The van der Waals surface area contributed by atoms with Crippen LogP contribution in [-0.4, -0.2) is 32.0 Å². The van der Waals surface area contributed by atoms with Gasteiger partial charge >= 0.3 is 6.03 Å². The number of carbonyl (C=O) groups is 1. The molecule has 0 bridgehead atoms. The van der Waals surface area contributed by atoms with E-state index < -0.39 is 0 Å². The molecular formula is C25H24ClN5OS. The zero-order chi connectivity index (χ0) is 22.8. The maximum absolute atomic E-state index is 13.3.